The van der Waals surface area contributed by atoms with Gasteiger partial charge < -0.3 is 15.1 Å². The molecule has 186 valence electrons. The molecule has 1 heterocycles. The summed E-state index contributed by atoms with van der Waals surface area (Å²) in [6.07, 6.45) is 5.65. The first-order chi connectivity index (χ1) is 16.9. The van der Waals surface area contributed by atoms with Gasteiger partial charge in [0.25, 0.3) is 5.91 Å². The van der Waals surface area contributed by atoms with Gasteiger partial charge in [0.05, 0.1) is 0 Å². The number of carbonyl (C=O) groups excluding carboxylic acids is 3. The third kappa shape index (κ3) is 6.27. The maximum absolute atomic E-state index is 13.7. The van der Waals surface area contributed by atoms with Gasteiger partial charge in [-0.1, -0.05) is 55.7 Å². The molecule has 0 aromatic heterocycles. The fourth-order valence-electron chi connectivity index (χ4n) is 5.21. The van der Waals surface area contributed by atoms with Gasteiger partial charge in [-0.15, -0.1) is 0 Å². The zero-order valence-electron chi connectivity index (χ0n) is 20.3. The highest BCUT2D eigenvalue weighted by Gasteiger charge is 2.36. The van der Waals surface area contributed by atoms with Gasteiger partial charge in [0, 0.05) is 43.6 Å². The van der Waals surface area contributed by atoms with Crippen molar-refractivity contribution < 1.29 is 18.8 Å². The summed E-state index contributed by atoms with van der Waals surface area (Å²) in [4.78, 5) is 43.2. The van der Waals surface area contributed by atoms with Crippen molar-refractivity contribution >= 4 is 17.7 Å². The second-order valence-electron chi connectivity index (χ2n) is 9.73. The first-order valence-corrected chi connectivity index (χ1v) is 12.6. The maximum Gasteiger partial charge on any atom is 0.252 e. The average Bonchev–Trinajstić information content (AvgIpc) is 2.88. The highest BCUT2D eigenvalue weighted by molar-refractivity contribution is 5.97. The minimum atomic E-state index is -0.791. The van der Waals surface area contributed by atoms with E-state index in [1.165, 1.54) is 24.6 Å². The van der Waals surface area contributed by atoms with Crippen molar-refractivity contribution in [2.24, 2.45) is 5.92 Å². The number of piperazine rings is 1. The second kappa shape index (κ2) is 11.5. The van der Waals surface area contributed by atoms with Crippen LogP contribution in [0.15, 0.2) is 54.6 Å². The molecular weight excluding hydrogens is 445 g/mol. The molecule has 1 N–H and O–H groups in total. The Bertz CT molecular complexity index is 1040. The van der Waals surface area contributed by atoms with Crippen molar-refractivity contribution in [2.45, 2.75) is 57.5 Å². The first kappa shape index (κ1) is 24.9. The average molecular weight is 480 g/mol. The predicted molar refractivity (Wildman–Crippen MR) is 132 cm³/mol. The van der Waals surface area contributed by atoms with Crippen molar-refractivity contribution in [1.29, 1.82) is 0 Å². The molecule has 2 fully saturated rings. The lowest BCUT2D eigenvalue weighted by molar-refractivity contribution is -0.146. The van der Waals surface area contributed by atoms with E-state index in [4.69, 9.17) is 0 Å². The predicted octanol–water partition coefficient (Wildman–Crippen LogP) is 3.81. The Balaban J connectivity index is 1.45. The van der Waals surface area contributed by atoms with Gasteiger partial charge in [-0.25, -0.2) is 4.39 Å². The summed E-state index contributed by atoms with van der Waals surface area (Å²) in [7, 11) is 0. The molecule has 2 aromatic carbocycles. The Labute approximate surface area is 206 Å². The number of nitrogens with zero attached hydrogens (tertiary/aromatic N) is 2. The molecule has 1 saturated carbocycles. The largest absolute Gasteiger partial charge is 0.340 e. The van der Waals surface area contributed by atoms with Crippen LogP contribution in [-0.4, -0.2) is 59.2 Å². The fourth-order valence-corrected chi connectivity index (χ4v) is 5.21. The van der Waals surface area contributed by atoms with Gasteiger partial charge in [-0.05, 0) is 43.5 Å². The lowest BCUT2D eigenvalue weighted by Gasteiger charge is -2.42. The van der Waals surface area contributed by atoms with Crippen LogP contribution in [0.5, 0.6) is 0 Å². The van der Waals surface area contributed by atoms with Crippen LogP contribution < -0.4 is 5.32 Å². The molecule has 1 aliphatic heterocycles. The van der Waals surface area contributed by atoms with Crippen molar-refractivity contribution in [3.63, 3.8) is 0 Å². The fraction of sp³-hybridized carbons (Fsp3) is 0.464. The Hall–Kier alpha value is -3.22. The molecule has 0 spiro atoms. The van der Waals surface area contributed by atoms with E-state index in [-0.39, 0.29) is 29.3 Å². The molecule has 6 nitrogen and oxygen atoms in total. The number of hydrogen-bond acceptors (Lipinski definition) is 3. The van der Waals surface area contributed by atoms with E-state index in [0.717, 1.165) is 37.3 Å². The SMILES string of the molecule is CC1CN(C(=O)C(Cc2ccccc2)NC(=O)c2cccc(F)c2)CCN1C(=O)C1CCCCC1. The summed E-state index contributed by atoms with van der Waals surface area (Å²) < 4.78 is 13.7. The molecule has 7 heteroatoms. The summed E-state index contributed by atoms with van der Waals surface area (Å²) in [5.74, 6) is -0.862. The van der Waals surface area contributed by atoms with E-state index in [2.05, 4.69) is 5.32 Å². The summed E-state index contributed by atoms with van der Waals surface area (Å²) in [5.41, 5.74) is 1.09. The number of amides is 3. The molecule has 0 bridgehead atoms. The van der Waals surface area contributed by atoms with Gasteiger partial charge >= 0.3 is 0 Å². The van der Waals surface area contributed by atoms with Crippen molar-refractivity contribution in [2.75, 3.05) is 19.6 Å². The van der Waals surface area contributed by atoms with Gasteiger partial charge in [-0.3, -0.25) is 14.4 Å². The summed E-state index contributed by atoms with van der Waals surface area (Å²) in [5, 5.41) is 2.83. The maximum atomic E-state index is 13.7. The monoisotopic (exact) mass is 479 g/mol. The van der Waals surface area contributed by atoms with E-state index in [1.54, 1.807) is 4.90 Å². The molecule has 35 heavy (non-hydrogen) atoms. The van der Waals surface area contributed by atoms with Crippen LogP contribution in [0.25, 0.3) is 0 Å². The minimum Gasteiger partial charge on any atom is -0.340 e. The van der Waals surface area contributed by atoms with Gasteiger partial charge in [0.15, 0.2) is 0 Å². The zero-order valence-corrected chi connectivity index (χ0v) is 20.3. The Morgan fingerprint density at radius 3 is 2.43 bits per heavy atom. The molecule has 1 saturated heterocycles. The van der Waals surface area contributed by atoms with Crippen LogP contribution in [-0.2, 0) is 16.0 Å². The Morgan fingerprint density at radius 1 is 1.00 bits per heavy atom. The third-order valence-electron chi connectivity index (χ3n) is 7.15. The van der Waals surface area contributed by atoms with Crippen LogP contribution >= 0.6 is 0 Å². The van der Waals surface area contributed by atoms with E-state index in [9.17, 15) is 18.8 Å². The zero-order chi connectivity index (χ0) is 24.8. The lowest BCUT2D eigenvalue weighted by Crippen LogP contribution is -2.60. The van der Waals surface area contributed by atoms with Crippen LogP contribution in [0.1, 0.15) is 54.9 Å². The number of benzene rings is 2. The molecular formula is C28H34FN3O3. The normalized spacial score (nSPS) is 19.8. The van der Waals surface area contributed by atoms with E-state index in [0.29, 0.717) is 26.1 Å². The number of carbonyl (C=O) groups is 3. The quantitative estimate of drug-likeness (QED) is 0.685. The summed E-state index contributed by atoms with van der Waals surface area (Å²) >= 11 is 0. The molecule has 4 rings (SSSR count). The molecule has 0 radical (unpaired) electrons. The molecule has 2 aliphatic rings. The smallest absolute Gasteiger partial charge is 0.252 e. The number of nitrogens with one attached hydrogen (secondary N) is 1. The van der Waals surface area contributed by atoms with E-state index < -0.39 is 17.8 Å². The van der Waals surface area contributed by atoms with Gasteiger partial charge in [-0.2, -0.15) is 0 Å². The molecule has 2 atom stereocenters. The highest BCUT2D eigenvalue weighted by atomic mass is 19.1. The molecule has 1 aliphatic carbocycles. The van der Waals surface area contributed by atoms with E-state index in [1.807, 2.05) is 42.2 Å². The molecule has 2 unspecified atom stereocenters. The Kier molecular flexibility index (Phi) is 8.16. The van der Waals surface area contributed by atoms with Gasteiger partial charge in [0.1, 0.15) is 11.9 Å². The minimum absolute atomic E-state index is 0.0848. The van der Waals surface area contributed by atoms with Crippen LogP contribution in [0.2, 0.25) is 0 Å². The topological polar surface area (TPSA) is 69.7 Å². The van der Waals surface area contributed by atoms with Gasteiger partial charge in [0.2, 0.25) is 11.8 Å². The summed E-state index contributed by atoms with van der Waals surface area (Å²) in [6.45, 7) is 3.34. The molecule has 2 aromatic rings. The van der Waals surface area contributed by atoms with Crippen LogP contribution in [0, 0.1) is 11.7 Å². The van der Waals surface area contributed by atoms with E-state index >= 15 is 0 Å². The third-order valence-corrected chi connectivity index (χ3v) is 7.15. The van der Waals surface area contributed by atoms with Crippen LogP contribution in [0.4, 0.5) is 4.39 Å². The lowest BCUT2D eigenvalue weighted by atomic mass is 9.87. The number of hydrogen-bond donors (Lipinski definition) is 1. The van der Waals surface area contributed by atoms with Crippen LogP contribution in [0.3, 0.4) is 0 Å². The number of halogens is 1. The highest BCUT2D eigenvalue weighted by Crippen LogP contribution is 2.27. The van der Waals surface area contributed by atoms with Crippen molar-refractivity contribution in [3.05, 3.63) is 71.5 Å². The molecule has 3 amide bonds. The van der Waals surface area contributed by atoms with Crippen molar-refractivity contribution in [1.82, 2.24) is 15.1 Å². The second-order valence-corrected chi connectivity index (χ2v) is 9.73. The standard InChI is InChI=1S/C28H34FN3O3/c1-20-19-31(15-16-32(20)27(34)22-11-6-3-7-12-22)28(35)25(17-21-9-4-2-5-10-21)30-26(33)23-13-8-14-24(29)18-23/h2,4-5,8-10,13-14,18,20,22,25H,3,6-7,11-12,15-17,19H2,1H3,(H,30,33). The van der Waals surface area contributed by atoms with Crippen molar-refractivity contribution in [3.8, 4) is 0 Å². The Morgan fingerprint density at radius 2 is 1.74 bits per heavy atom. The number of rotatable bonds is 6. The summed E-state index contributed by atoms with van der Waals surface area (Å²) in [6, 6.07) is 14.1. The first-order valence-electron chi connectivity index (χ1n) is 12.6.